The van der Waals surface area contributed by atoms with Crippen molar-refractivity contribution in [2.75, 3.05) is 0 Å². The SMILES string of the molecule is Cc1ccc(-c2ccn(C)c2C#N)cc1. The van der Waals surface area contributed by atoms with Crippen LogP contribution >= 0.6 is 0 Å². The molecule has 2 aromatic rings. The minimum Gasteiger partial charge on any atom is -0.342 e. The van der Waals surface area contributed by atoms with Crippen molar-refractivity contribution in [3.05, 3.63) is 47.8 Å². The van der Waals surface area contributed by atoms with Gasteiger partial charge < -0.3 is 4.57 Å². The Hall–Kier alpha value is -2.01. The van der Waals surface area contributed by atoms with Crippen LogP contribution in [0.25, 0.3) is 11.1 Å². The van der Waals surface area contributed by atoms with E-state index in [9.17, 15) is 0 Å². The lowest BCUT2D eigenvalue weighted by Gasteiger charge is -2.00. The fraction of sp³-hybridized carbons (Fsp3) is 0.154. The smallest absolute Gasteiger partial charge is 0.127 e. The number of rotatable bonds is 1. The normalized spacial score (nSPS) is 9.93. The first-order chi connectivity index (χ1) is 7.22. The van der Waals surface area contributed by atoms with Crippen LogP contribution in [0.4, 0.5) is 0 Å². The predicted octanol–water partition coefficient (Wildman–Crippen LogP) is 2.87. The summed E-state index contributed by atoms with van der Waals surface area (Å²) in [6.07, 6.45) is 1.91. The number of nitrogens with zero attached hydrogens (tertiary/aromatic N) is 2. The molecule has 0 unspecified atom stereocenters. The second-order valence-electron chi connectivity index (χ2n) is 3.67. The zero-order valence-electron chi connectivity index (χ0n) is 8.86. The van der Waals surface area contributed by atoms with E-state index in [1.165, 1.54) is 5.56 Å². The van der Waals surface area contributed by atoms with Gasteiger partial charge in [-0.3, -0.25) is 0 Å². The maximum Gasteiger partial charge on any atom is 0.127 e. The second kappa shape index (κ2) is 3.62. The predicted molar refractivity (Wildman–Crippen MR) is 60.3 cm³/mol. The van der Waals surface area contributed by atoms with Gasteiger partial charge in [0.15, 0.2) is 0 Å². The van der Waals surface area contributed by atoms with Crippen molar-refractivity contribution in [1.29, 1.82) is 5.26 Å². The minimum absolute atomic E-state index is 0.707. The Balaban J connectivity index is 2.55. The molecule has 1 aromatic carbocycles. The van der Waals surface area contributed by atoms with Gasteiger partial charge in [-0.05, 0) is 18.6 Å². The van der Waals surface area contributed by atoms with Crippen molar-refractivity contribution in [1.82, 2.24) is 4.57 Å². The molecule has 0 saturated carbocycles. The van der Waals surface area contributed by atoms with Crippen molar-refractivity contribution < 1.29 is 0 Å². The Morgan fingerprint density at radius 1 is 1.13 bits per heavy atom. The molecule has 2 nitrogen and oxygen atoms in total. The van der Waals surface area contributed by atoms with E-state index in [0.717, 1.165) is 11.1 Å². The topological polar surface area (TPSA) is 28.7 Å². The number of hydrogen-bond donors (Lipinski definition) is 0. The number of benzene rings is 1. The molecule has 1 heterocycles. The summed E-state index contributed by atoms with van der Waals surface area (Å²) in [5.74, 6) is 0. The van der Waals surface area contributed by atoms with Gasteiger partial charge in [-0.25, -0.2) is 0 Å². The molecule has 1 aromatic heterocycles. The maximum atomic E-state index is 9.03. The third-order valence-electron chi connectivity index (χ3n) is 2.54. The lowest BCUT2D eigenvalue weighted by molar-refractivity contribution is 0.909. The highest BCUT2D eigenvalue weighted by Crippen LogP contribution is 2.23. The molecule has 0 spiro atoms. The van der Waals surface area contributed by atoms with E-state index < -0.39 is 0 Å². The van der Waals surface area contributed by atoms with Crippen molar-refractivity contribution in [2.45, 2.75) is 6.92 Å². The molecule has 0 N–H and O–H groups in total. The van der Waals surface area contributed by atoms with Crippen LogP contribution < -0.4 is 0 Å². The van der Waals surface area contributed by atoms with E-state index >= 15 is 0 Å². The molecule has 2 rings (SSSR count). The van der Waals surface area contributed by atoms with E-state index in [0.29, 0.717) is 5.69 Å². The molecular formula is C13H12N2. The lowest BCUT2D eigenvalue weighted by atomic mass is 10.1. The Kier molecular flexibility index (Phi) is 2.31. The van der Waals surface area contributed by atoms with Gasteiger partial charge in [-0.2, -0.15) is 5.26 Å². The summed E-state index contributed by atoms with van der Waals surface area (Å²) >= 11 is 0. The number of hydrogen-bond acceptors (Lipinski definition) is 1. The van der Waals surface area contributed by atoms with Gasteiger partial charge in [0.05, 0.1) is 0 Å². The van der Waals surface area contributed by atoms with Crippen molar-refractivity contribution >= 4 is 0 Å². The van der Waals surface area contributed by atoms with Crippen molar-refractivity contribution in [3.8, 4) is 17.2 Å². The molecule has 15 heavy (non-hydrogen) atoms. The van der Waals surface area contributed by atoms with Gasteiger partial charge in [0.25, 0.3) is 0 Å². The van der Waals surface area contributed by atoms with E-state index in [1.54, 1.807) is 0 Å². The fourth-order valence-electron chi connectivity index (χ4n) is 1.63. The van der Waals surface area contributed by atoms with E-state index in [4.69, 9.17) is 5.26 Å². The first-order valence-electron chi connectivity index (χ1n) is 4.85. The van der Waals surface area contributed by atoms with Gasteiger partial charge >= 0.3 is 0 Å². The Bertz CT molecular complexity index is 512. The molecule has 2 heteroatoms. The Morgan fingerprint density at radius 2 is 1.80 bits per heavy atom. The highest BCUT2D eigenvalue weighted by molar-refractivity contribution is 5.69. The van der Waals surface area contributed by atoms with Crippen LogP contribution in [0.5, 0.6) is 0 Å². The first kappa shape index (κ1) is 9.54. The molecule has 0 radical (unpaired) electrons. The molecule has 0 aliphatic rings. The van der Waals surface area contributed by atoms with Gasteiger partial charge in [0.1, 0.15) is 11.8 Å². The summed E-state index contributed by atoms with van der Waals surface area (Å²) < 4.78 is 1.84. The monoisotopic (exact) mass is 196 g/mol. The van der Waals surface area contributed by atoms with E-state index in [1.807, 2.05) is 36.0 Å². The molecule has 0 fully saturated rings. The number of aryl methyl sites for hydroxylation is 2. The van der Waals surface area contributed by atoms with Crippen LogP contribution in [0.15, 0.2) is 36.5 Å². The number of aromatic nitrogens is 1. The molecule has 0 aliphatic carbocycles. The highest BCUT2D eigenvalue weighted by atomic mass is 14.9. The van der Waals surface area contributed by atoms with Crippen molar-refractivity contribution in [3.63, 3.8) is 0 Å². The van der Waals surface area contributed by atoms with Crippen LogP contribution in [0.3, 0.4) is 0 Å². The molecule has 0 amide bonds. The molecule has 0 bridgehead atoms. The summed E-state index contributed by atoms with van der Waals surface area (Å²) in [7, 11) is 1.89. The summed E-state index contributed by atoms with van der Waals surface area (Å²) in [6.45, 7) is 2.06. The van der Waals surface area contributed by atoms with Gasteiger partial charge in [-0.15, -0.1) is 0 Å². The largest absolute Gasteiger partial charge is 0.342 e. The van der Waals surface area contributed by atoms with E-state index in [-0.39, 0.29) is 0 Å². The van der Waals surface area contributed by atoms with Crippen LogP contribution in [0, 0.1) is 18.3 Å². The van der Waals surface area contributed by atoms with Gasteiger partial charge in [0.2, 0.25) is 0 Å². The molecule has 0 atom stereocenters. The second-order valence-corrected chi connectivity index (χ2v) is 3.67. The average molecular weight is 196 g/mol. The quantitative estimate of drug-likeness (QED) is 0.689. The maximum absolute atomic E-state index is 9.03. The van der Waals surface area contributed by atoms with Gasteiger partial charge in [-0.1, -0.05) is 29.8 Å². The minimum atomic E-state index is 0.707. The lowest BCUT2D eigenvalue weighted by Crippen LogP contribution is -1.90. The average Bonchev–Trinajstić information content (AvgIpc) is 2.61. The van der Waals surface area contributed by atoms with Crippen LogP contribution in [-0.4, -0.2) is 4.57 Å². The third kappa shape index (κ3) is 1.64. The summed E-state index contributed by atoms with van der Waals surface area (Å²) in [4.78, 5) is 0. The van der Waals surface area contributed by atoms with Crippen LogP contribution in [0.2, 0.25) is 0 Å². The van der Waals surface area contributed by atoms with E-state index in [2.05, 4.69) is 25.1 Å². The zero-order chi connectivity index (χ0) is 10.8. The Morgan fingerprint density at radius 3 is 2.40 bits per heavy atom. The standard InChI is InChI=1S/C13H12N2/c1-10-3-5-11(6-4-10)12-7-8-15(2)13(12)9-14/h3-8H,1-2H3. The first-order valence-corrected chi connectivity index (χ1v) is 4.85. The third-order valence-corrected chi connectivity index (χ3v) is 2.54. The summed E-state index contributed by atoms with van der Waals surface area (Å²) in [6, 6.07) is 12.4. The molecule has 0 aliphatic heterocycles. The van der Waals surface area contributed by atoms with Crippen molar-refractivity contribution in [2.24, 2.45) is 7.05 Å². The Labute approximate surface area is 89.4 Å². The molecular weight excluding hydrogens is 184 g/mol. The number of nitriles is 1. The molecule has 74 valence electrons. The zero-order valence-corrected chi connectivity index (χ0v) is 8.86. The fourth-order valence-corrected chi connectivity index (χ4v) is 1.63. The molecule has 0 saturated heterocycles. The summed E-state index contributed by atoms with van der Waals surface area (Å²) in [5, 5.41) is 9.03. The van der Waals surface area contributed by atoms with Crippen LogP contribution in [-0.2, 0) is 7.05 Å². The van der Waals surface area contributed by atoms with Gasteiger partial charge in [0, 0.05) is 18.8 Å². The summed E-state index contributed by atoms with van der Waals surface area (Å²) in [5.41, 5.74) is 4.03. The highest BCUT2D eigenvalue weighted by Gasteiger charge is 2.07. The van der Waals surface area contributed by atoms with Crippen LogP contribution in [0.1, 0.15) is 11.3 Å².